The van der Waals surface area contributed by atoms with Gasteiger partial charge >= 0.3 is 0 Å². The molecule has 74 valence electrons. The lowest BCUT2D eigenvalue weighted by atomic mass is 9.96. The number of hydrogen-bond donors (Lipinski definition) is 1. The highest BCUT2D eigenvalue weighted by molar-refractivity contribution is 5.75. The lowest BCUT2D eigenvalue weighted by Crippen LogP contribution is -2.26. The highest BCUT2D eigenvalue weighted by Gasteiger charge is 2.14. The first-order valence-corrected chi connectivity index (χ1v) is 5.18. The molecule has 0 radical (unpaired) electrons. The van der Waals surface area contributed by atoms with Crippen molar-refractivity contribution in [3.05, 3.63) is 35.4 Å². The van der Waals surface area contributed by atoms with E-state index in [4.69, 9.17) is 0 Å². The molecule has 14 heavy (non-hydrogen) atoms. The largest absolute Gasteiger partial charge is 0.310 e. The zero-order valence-corrected chi connectivity index (χ0v) is 8.20. The minimum Gasteiger partial charge on any atom is -0.310 e. The zero-order valence-electron chi connectivity index (χ0n) is 8.20. The van der Waals surface area contributed by atoms with E-state index in [0.29, 0.717) is 6.04 Å². The Kier molecular flexibility index (Phi) is 2.94. The van der Waals surface area contributed by atoms with Gasteiger partial charge in [-0.05, 0) is 31.0 Å². The van der Waals surface area contributed by atoms with E-state index in [1.165, 1.54) is 24.8 Å². The maximum Gasteiger partial charge on any atom is 0.150 e. The summed E-state index contributed by atoms with van der Waals surface area (Å²) < 4.78 is 0. The van der Waals surface area contributed by atoms with Gasteiger partial charge in [-0.15, -0.1) is 0 Å². The summed E-state index contributed by atoms with van der Waals surface area (Å²) in [7, 11) is 0. The number of hydrogen-bond acceptors (Lipinski definition) is 2. The van der Waals surface area contributed by atoms with Crippen LogP contribution in [-0.4, -0.2) is 12.8 Å². The van der Waals surface area contributed by atoms with Gasteiger partial charge < -0.3 is 5.32 Å². The molecule has 0 saturated carbocycles. The third-order valence-electron chi connectivity index (χ3n) is 2.76. The van der Waals surface area contributed by atoms with E-state index in [1.807, 2.05) is 18.2 Å². The van der Waals surface area contributed by atoms with Crippen LogP contribution in [0.4, 0.5) is 0 Å². The quantitative estimate of drug-likeness (QED) is 0.723. The Labute approximate surface area is 84.3 Å². The Bertz CT molecular complexity index is 316. The molecule has 1 fully saturated rings. The second kappa shape index (κ2) is 4.38. The number of carbonyl (C=O) groups is 1. The summed E-state index contributed by atoms with van der Waals surface area (Å²) in [6, 6.07) is 8.32. The molecule has 2 heteroatoms. The van der Waals surface area contributed by atoms with Crippen LogP contribution >= 0.6 is 0 Å². The number of nitrogens with one attached hydrogen (secondary N) is 1. The van der Waals surface area contributed by atoms with Crippen molar-refractivity contribution in [2.45, 2.75) is 25.3 Å². The molecular weight excluding hydrogens is 174 g/mol. The van der Waals surface area contributed by atoms with Crippen LogP contribution in [-0.2, 0) is 0 Å². The molecule has 1 heterocycles. The van der Waals surface area contributed by atoms with Crippen LogP contribution < -0.4 is 5.32 Å². The molecule has 1 atom stereocenters. The van der Waals surface area contributed by atoms with Gasteiger partial charge in [0.05, 0.1) is 0 Å². The van der Waals surface area contributed by atoms with Crippen molar-refractivity contribution < 1.29 is 4.79 Å². The lowest BCUT2D eigenvalue weighted by Gasteiger charge is -2.23. The van der Waals surface area contributed by atoms with Gasteiger partial charge in [0.25, 0.3) is 0 Å². The zero-order chi connectivity index (χ0) is 9.80. The van der Waals surface area contributed by atoms with E-state index in [-0.39, 0.29) is 0 Å². The lowest BCUT2D eigenvalue weighted by molar-refractivity contribution is 0.112. The fourth-order valence-electron chi connectivity index (χ4n) is 1.99. The smallest absolute Gasteiger partial charge is 0.150 e. The summed E-state index contributed by atoms with van der Waals surface area (Å²) in [5.41, 5.74) is 2.02. The van der Waals surface area contributed by atoms with E-state index in [0.717, 1.165) is 18.4 Å². The van der Waals surface area contributed by atoms with Crippen LogP contribution in [0.5, 0.6) is 0 Å². The highest BCUT2D eigenvalue weighted by Crippen LogP contribution is 2.22. The molecule has 1 aliphatic heterocycles. The summed E-state index contributed by atoms with van der Waals surface area (Å²) in [5, 5.41) is 3.47. The predicted molar refractivity (Wildman–Crippen MR) is 56.4 cm³/mol. The summed E-state index contributed by atoms with van der Waals surface area (Å²) >= 11 is 0. The fraction of sp³-hybridized carbons (Fsp3) is 0.417. The molecule has 2 nitrogen and oxygen atoms in total. The minimum absolute atomic E-state index is 0.448. The van der Waals surface area contributed by atoms with E-state index in [2.05, 4.69) is 11.4 Å². The van der Waals surface area contributed by atoms with Gasteiger partial charge in [0.1, 0.15) is 6.29 Å². The van der Waals surface area contributed by atoms with Crippen molar-refractivity contribution in [1.82, 2.24) is 5.32 Å². The van der Waals surface area contributed by atoms with Gasteiger partial charge in [-0.2, -0.15) is 0 Å². The monoisotopic (exact) mass is 189 g/mol. The number of piperidine rings is 1. The van der Waals surface area contributed by atoms with Crippen LogP contribution in [0, 0.1) is 0 Å². The van der Waals surface area contributed by atoms with Gasteiger partial charge in [-0.3, -0.25) is 4.79 Å². The number of benzene rings is 1. The van der Waals surface area contributed by atoms with Gasteiger partial charge in [-0.1, -0.05) is 24.6 Å². The molecule has 0 spiro atoms. The summed E-state index contributed by atoms with van der Waals surface area (Å²) in [6.07, 6.45) is 4.64. The summed E-state index contributed by atoms with van der Waals surface area (Å²) in [5.74, 6) is 0. The van der Waals surface area contributed by atoms with E-state index in [9.17, 15) is 4.79 Å². The Morgan fingerprint density at radius 3 is 3.00 bits per heavy atom. The molecule has 1 unspecified atom stereocenters. The fourth-order valence-corrected chi connectivity index (χ4v) is 1.99. The molecule has 2 rings (SSSR count). The van der Waals surface area contributed by atoms with Crippen molar-refractivity contribution in [3.8, 4) is 0 Å². The standard InChI is InChI=1S/C12H15NO/c14-9-10-4-3-5-11(8-10)12-6-1-2-7-13-12/h3-5,8-9,12-13H,1-2,6-7H2. The van der Waals surface area contributed by atoms with Crippen molar-refractivity contribution in [2.24, 2.45) is 0 Å². The van der Waals surface area contributed by atoms with E-state index >= 15 is 0 Å². The predicted octanol–water partition coefficient (Wildman–Crippen LogP) is 2.31. The molecule has 1 N–H and O–H groups in total. The van der Waals surface area contributed by atoms with Gasteiger partial charge in [-0.25, -0.2) is 0 Å². The molecule has 1 aromatic rings. The first kappa shape index (κ1) is 9.41. The number of rotatable bonds is 2. The normalized spacial score (nSPS) is 21.9. The van der Waals surface area contributed by atoms with Gasteiger partial charge in [0, 0.05) is 11.6 Å². The van der Waals surface area contributed by atoms with Crippen LogP contribution in [0.25, 0.3) is 0 Å². The summed E-state index contributed by atoms with van der Waals surface area (Å²) in [4.78, 5) is 10.6. The Morgan fingerprint density at radius 2 is 2.29 bits per heavy atom. The minimum atomic E-state index is 0.448. The average molecular weight is 189 g/mol. The molecule has 1 aliphatic rings. The molecule has 0 amide bonds. The first-order chi connectivity index (χ1) is 6.90. The van der Waals surface area contributed by atoms with Crippen LogP contribution in [0.3, 0.4) is 0 Å². The molecule has 0 aromatic heterocycles. The average Bonchev–Trinajstić information content (AvgIpc) is 2.30. The third kappa shape index (κ3) is 2.02. The maximum atomic E-state index is 10.6. The second-order valence-corrected chi connectivity index (χ2v) is 3.79. The van der Waals surface area contributed by atoms with E-state index < -0.39 is 0 Å². The number of aldehydes is 1. The summed E-state index contributed by atoms with van der Waals surface area (Å²) in [6.45, 7) is 1.09. The third-order valence-corrected chi connectivity index (χ3v) is 2.76. The van der Waals surface area contributed by atoms with Crippen LogP contribution in [0.2, 0.25) is 0 Å². The van der Waals surface area contributed by atoms with E-state index in [1.54, 1.807) is 0 Å². The SMILES string of the molecule is O=Cc1cccc(C2CCCCN2)c1. The highest BCUT2D eigenvalue weighted by atomic mass is 16.1. The number of carbonyl (C=O) groups excluding carboxylic acids is 1. The van der Waals surface area contributed by atoms with Crippen molar-refractivity contribution in [3.63, 3.8) is 0 Å². The van der Waals surface area contributed by atoms with Crippen LogP contribution in [0.1, 0.15) is 41.2 Å². The van der Waals surface area contributed by atoms with Crippen molar-refractivity contribution >= 4 is 6.29 Å². The Balaban J connectivity index is 2.17. The van der Waals surface area contributed by atoms with Crippen molar-refractivity contribution in [2.75, 3.05) is 6.54 Å². The molecule has 0 aliphatic carbocycles. The molecule has 1 saturated heterocycles. The second-order valence-electron chi connectivity index (χ2n) is 3.79. The Hall–Kier alpha value is -1.15. The molecular formula is C12H15NO. The van der Waals surface area contributed by atoms with Crippen molar-refractivity contribution in [1.29, 1.82) is 0 Å². The topological polar surface area (TPSA) is 29.1 Å². The van der Waals surface area contributed by atoms with Gasteiger partial charge in [0.2, 0.25) is 0 Å². The Morgan fingerprint density at radius 1 is 1.36 bits per heavy atom. The maximum absolute atomic E-state index is 10.6. The molecule has 1 aromatic carbocycles. The van der Waals surface area contributed by atoms with Crippen LogP contribution in [0.15, 0.2) is 24.3 Å². The first-order valence-electron chi connectivity index (χ1n) is 5.18. The van der Waals surface area contributed by atoms with Gasteiger partial charge in [0.15, 0.2) is 0 Å². The molecule has 0 bridgehead atoms.